The number of benzene rings is 2. The average Bonchev–Trinajstić information content (AvgIpc) is 2.60. The summed E-state index contributed by atoms with van der Waals surface area (Å²) in [6.07, 6.45) is 0.661. The van der Waals surface area contributed by atoms with Crippen LogP contribution in [0.2, 0.25) is 18.1 Å². The Bertz CT molecular complexity index is 801. The molecule has 0 unspecified atom stereocenters. The first-order chi connectivity index (χ1) is 13.0. The minimum absolute atomic E-state index is 0.0879. The predicted molar refractivity (Wildman–Crippen MR) is 121 cm³/mol. The molecule has 2 aromatic rings. The summed E-state index contributed by atoms with van der Waals surface area (Å²) in [4.78, 5) is 11.1. The average molecular weight is 464 g/mol. The van der Waals surface area contributed by atoms with Gasteiger partial charge in [0.2, 0.25) is 6.41 Å². The zero-order valence-corrected chi connectivity index (χ0v) is 20.1. The van der Waals surface area contributed by atoms with E-state index in [2.05, 4.69) is 55.1 Å². The highest BCUT2D eigenvalue weighted by Crippen LogP contribution is 2.45. The van der Waals surface area contributed by atoms with Crippen molar-refractivity contribution < 1.29 is 14.0 Å². The number of hydrogen-bond acceptors (Lipinski definition) is 3. The summed E-state index contributed by atoms with van der Waals surface area (Å²) >= 11 is 3.76. The molecular formula is C22H30BrNO3Si. The molecule has 0 aliphatic carbocycles. The Hall–Kier alpha value is -1.63. The molecule has 1 atom stereocenters. The summed E-state index contributed by atoms with van der Waals surface area (Å²) in [5.74, 6) is 0.621. The van der Waals surface area contributed by atoms with Crippen LogP contribution in [-0.4, -0.2) is 14.7 Å². The second-order valence-corrected chi connectivity index (χ2v) is 14.8. The molecule has 152 valence electrons. The first-order valence-corrected chi connectivity index (χ1v) is 13.1. The van der Waals surface area contributed by atoms with E-state index in [1.54, 1.807) is 0 Å². The molecule has 0 radical (unpaired) electrons. The second kappa shape index (κ2) is 8.80. The number of carbonyl (C=O) groups is 1. The maximum atomic E-state index is 11.1. The zero-order valence-electron chi connectivity index (χ0n) is 17.5. The summed E-state index contributed by atoms with van der Waals surface area (Å²) < 4.78 is 11.8. The lowest BCUT2D eigenvalue weighted by Crippen LogP contribution is -2.45. The lowest BCUT2D eigenvalue weighted by atomic mass is 10.1. The van der Waals surface area contributed by atoms with Crippen LogP contribution in [0.15, 0.2) is 48.5 Å². The Morgan fingerprint density at radius 3 is 2.29 bits per heavy atom. The van der Waals surface area contributed by atoms with Crippen molar-refractivity contribution in [2.75, 3.05) is 5.32 Å². The van der Waals surface area contributed by atoms with Gasteiger partial charge in [0.05, 0.1) is 5.69 Å². The smallest absolute Gasteiger partial charge is 0.211 e. The molecule has 0 aliphatic rings. The van der Waals surface area contributed by atoms with Crippen molar-refractivity contribution in [3.63, 3.8) is 0 Å². The molecular weight excluding hydrogens is 434 g/mol. The van der Waals surface area contributed by atoms with Crippen LogP contribution in [0.3, 0.4) is 0 Å². The monoisotopic (exact) mass is 463 g/mol. The Morgan fingerprint density at radius 1 is 1.07 bits per heavy atom. The van der Waals surface area contributed by atoms with Crippen LogP contribution in [-0.2, 0) is 20.3 Å². The van der Waals surface area contributed by atoms with Crippen LogP contribution in [0.25, 0.3) is 0 Å². The van der Waals surface area contributed by atoms with Crippen molar-refractivity contribution in [3.05, 3.63) is 59.7 Å². The Balaban J connectivity index is 2.26. The van der Waals surface area contributed by atoms with Gasteiger partial charge in [-0.3, -0.25) is 4.79 Å². The molecule has 0 saturated heterocycles. The molecule has 0 bridgehead atoms. The van der Waals surface area contributed by atoms with Gasteiger partial charge in [0.1, 0.15) is 16.9 Å². The van der Waals surface area contributed by atoms with Crippen molar-refractivity contribution in [3.8, 4) is 5.75 Å². The third-order valence-corrected chi connectivity index (χ3v) is 10.6. The number of hydrogen-bond donors (Lipinski definition) is 1. The number of anilines is 1. The maximum Gasteiger partial charge on any atom is 0.211 e. The van der Waals surface area contributed by atoms with E-state index in [0.717, 1.165) is 11.1 Å². The zero-order chi connectivity index (χ0) is 21.0. The molecule has 0 aromatic heterocycles. The van der Waals surface area contributed by atoms with Crippen molar-refractivity contribution in [2.24, 2.45) is 0 Å². The van der Waals surface area contributed by atoms with E-state index in [1.807, 2.05) is 55.5 Å². The van der Waals surface area contributed by atoms with Crippen LogP contribution in [0.5, 0.6) is 5.75 Å². The standard InChI is InChI=1S/C22H30BrNO3Si/c1-21(2,3)28(5,6)27-22(4,23)18-12-13-20(19(14-18)24-16-25)26-15-17-10-8-7-9-11-17/h7-14,16H,15H2,1-6H3,(H,24,25)/t22-/m0/s1. The van der Waals surface area contributed by atoms with Crippen molar-refractivity contribution >= 4 is 36.3 Å². The Kier molecular flexibility index (Phi) is 7.12. The largest absolute Gasteiger partial charge is 0.487 e. The summed E-state index contributed by atoms with van der Waals surface area (Å²) in [7, 11) is -2.00. The van der Waals surface area contributed by atoms with E-state index in [-0.39, 0.29) is 5.04 Å². The normalized spacial score (nSPS) is 14.2. The van der Waals surface area contributed by atoms with E-state index in [9.17, 15) is 4.79 Å². The van der Waals surface area contributed by atoms with Gasteiger partial charge >= 0.3 is 0 Å². The number of amides is 1. The maximum absolute atomic E-state index is 11.1. The van der Waals surface area contributed by atoms with Crippen molar-refractivity contribution in [2.45, 2.75) is 56.9 Å². The van der Waals surface area contributed by atoms with Crippen LogP contribution in [0, 0.1) is 0 Å². The van der Waals surface area contributed by atoms with Crippen molar-refractivity contribution in [1.82, 2.24) is 0 Å². The Labute approximate surface area is 177 Å². The number of nitrogens with one attached hydrogen (secondary N) is 1. The SMILES string of the molecule is CC(C)(C)[Si](C)(C)O[C@](C)(Br)c1ccc(OCc2ccccc2)c(NC=O)c1. The number of ether oxygens (including phenoxy) is 1. The van der Waals surface area contributed by atoms with Gasteiger partial charge in [-0.25, -0.2) is 0 Å². The van der Waals surface area contributed by atoms with E-state index < -0.39 is 12.8 Å². The number of alkyl halides is 1. The highest BCUT2D eigenvalue weighted by atomic mass is 79.9. The molecule has 0 spiro atoms. The molecule has 0 saturated carbocycles. The molecule has 0 aliphatic heterocycles. The van der Waals surface area contributed by atoms with Crippen LogP contribution < -0.4 is 10.1 Å². The lowest BCUT2D eigenvalue weighted by Gasteiger charge is -2.42. The van der Waals surface area contributed by atoms with Gasteiger partial charge in [0.25, 0.3) is 0 Å². The molecule has 1 amide bonds. The topological polar surface area (TPSA) is 47.6 Å². The fourth-order valence-corrected chi connectivity index (χ4v) is 5.38. The molecule has 1 N–H and O–H groups in total. The van der Waals surface area contributed by atoms with Crippen LogP contribution in [0.1, 0.15) is 38.8 Å². The van der Waals surface area contributed by atoms with Crippen LogP contribution in [0.4, 0.5) is 5.69 Å². The molecule has 0 heterocycles. The lowest BCUT2D eigenvalue weighted by molar-refractivity contribution is -0.105. The third-order valence-electron chi connectivity index (χ3n) is 5.20. The van der Waals surface area contributed by atoms with Gasteiger partial charge in [-0.15, -0.1) is 0 Å². The number of carbonyl (C=O) groups excluding carboxylic acids is 1. The van der Waals surface area contributed by atoms with E-state index in [0.29, 0.717) is 24.5 Å². The summed E-state index contributed by atoms with van der Waals surface area (Å²) in [5.41, 5.74) is 2.61. The third kappa shape index (κ3) is 5.69. The fourth-order valence-electron chi connectivity index (χ4n) is 2.54. The first-order valence-electron chi connectivity index (χ1n) is 9.37. The number of rotatable bonds is 8. The van der Waals surface area contributed by atoms with Gasteiger partial charge in [-0.1, -0.05) is 73.1 Å². The van der Waals surface area contributed by atoms with E-state index >= 15 is 0 Å². The second-order valence-electron chi connectivity index (χ2n) is 8.53. The minimum atomic E-state index is -2.00. The molecule has 4 nitrogen and oxygen atoms in total. The van der Waals surface area contributed by atoms with Crippen LogP contribution >= 0.6 is 15.9 Å². The summed E-state index contributed by atoms with van der Waals surface area (Å²) in [5, 5.41) is 2.84. The van der Waals surface area contributed by atoms with Gasteiger partial charge < -0.3 is 14.5 Å². The first kappa shape index (κ1) is 22.7. The molecule has 2 rings (SSSR count). The highest BCUT2D eigenvalue weighted by molar-refractivity contribution is 9.09. The minimum Gasteiger partial charge on any atom is -0.487 e. The van der Waals surface area contributed by atoms with Gasteiger partial charge in [-0.05, 0) is 48.3 Å². The Morgan fingerprint density at radius 2 is 1.71 bits per heavy atom. The molecule has 0 fully saturated rings. The van der Waals surface area contributed by atoms with Crippen molar-refractivity contribution in [1.29, 1.82) is 0 Å². The molecule has 28 heavy (non-hydrogen) atoms. The molecule has 6 heteroatoms. The van der Waals surface area contributed by atoms with Gasteiger partial charge in [0, 0.05) is 0 Å². The molecule has 2 aromatic carbocycles. The summed E-state index contributed by atoms with van der Waals surface area (Å²) in [6, 6.07) is 15.7. The number of halogens is 1. The summed E-state index contributed by atoms with van der Waals surface area (Å²) in [6.45, 7) is 13.5. The van der Waals surface area contributed by atoms with E-state index in [1.165, 1.54) is 0 Å². The van der Waals surface area contributed by atoms with Gasteiger partial charge in [0.15, 0.2) is 8.32 Å². The quantitative estimate of drug-likeness (QED) is 0.279. The fraction of sp³-hybridized carbons (Fsp3) is 0.409. The predicted octanol–water partition coefficient (Wildman–Crippen LogP) is 6.42. The van der Waals surface area contributed by atoms with E-state index in [4.69, 9.17) is 9.16 Å². The highest BCUT2D eigenvalue weighted by Gasteiger charge is 2.42. The van der Waals surface area contributed by atoms with Gasteiger partial charge in [-0.2, -0.15) is 0 Å².